The van der Waals surface area contributed by atoms with Crippen molar-refractivity contribution in [2.24, 2.45) is 11.8 Å². The van der Waals surface area contributed by atoms with Crippen molar-refractivity contribution < 1.29 is 4.74 Å². The van der Waals surface area contributed by atoms with Gasteiger partial charge in [0.1, 0.15) is 0 Å². The van der Waals surface area contributed by atoms with Crippen LogP contribution in [-0.2, 0) is 4.74 Å². The number of hydrogen-bond acceptors (Lipinski definition) is 2. The highest BCUT2D eigenvalue weighted by Gasteiger charge is 2.38. The van der Waals surface area contributed by atoms with Gasteiger partial charge >= 0.3 is 0 Å². The summed E-state index contributed by atoms with van der Waals surface area (Å²) in [6, 6.07) is 0.719. The van der Waals surface area contributed by atoms with Crippen LogP contribution in [0.15, 0.2) is 0 Å². The van der Waals surface area contributed by atoms with Gasteiger partial charge in [-0.3, -0.25) is 0 Å². The van der Waals surface area contributed by atoms with E-state index in [0.717, 1.165) is 24.5 Å². The van der Waals surface area contributed by atoms with E-state index in [2.05, 4.69) is 19.3 Å². The summed E-state index contributed by atoms with van der Waals surface area (Å²) < 4.78 is 5.78. The fourth-order valence-corrected chi connectivity index (χ4v) is 3.09. The maximum absolute atomic E-state index is 5.78. The lowest BCUT2D eigenvalue weighted by Crippen LogP contribution is -2.45. The lowest BCUT2D eigenvalue weighted by atomic mass is 9.73. The van der Waals surface area contributed by atoms with Gasteiger partial charge in [0.15, 0.2) is 0 Å². The van der Waals surface area contributed by atoms with Gasteiger partial charge in [0.05, 0.1) is 6.10 Å². The molecule has 0 amide bonds. The van der Waals surface area contributed by atoms with Crippen LogP contribution in [-0.4, -0.2) is 25.8 Å². The van der Waals surface area contributed by atoms with Crippen LogP contribution in [0.1, 0.15) is 39.0 Å². The standard InChI is InChI=1S/C12H23NO/c1-3-11-10(7-8-14-11)12(13-2)9-5-4-6-9/h9-13H,3-8H2,1-2H3. The summed E-state index contributed by atoms with van der Waals surface area (Å²) >= 11 is 0. The lowest BCUT2D eigenvalue weighted by Gasteiger charge is -2.38. The Hall–Kier alpha value is -0.0800. The quantitative estimate of drug-likeness (QED) is 0.746. The van der Waals surface area contributed by atoms with Crippen LogP contribution < -0.4 is 5.32 Å². The van der Waals surface area contributed by atoms with Gasteiger partial charge in [-0.1, -0.05) is 13.3 Å². The van der Waals surface area contributed by atoms with Crippen LogP contribution >= 0.6 is 0 Å². The van der Waals surface area contributed by atoms with Gasteiger partial charge in [0.2, 0.25) is 0 Å². The highest BCUT2D eigenvalue weighted by atomic mass is 16.5. The van der Waals surface area contributed by atoms with Gasteiger partial charge in [0, 0.05) is 18.6 Å². The van der Waals surface area contributed by atoms with Gasteiger partial charge in [-0.05, 0) is 38.6 Å². The smallest absolute Gasteiger partial charge is 0.0616 e. The molecule has 1 saturated heterocycles. The van der Waals surface area contributed by atoms with Gasteiger partial charge in [0.25, 0.3) is 0 Å². The van der Waals surface area contributed by atoms with Gasteiger partial charge in [-0.2, -0.15) is 0 Å². The molecule has 1 N–H and O–H groups in total. The predicted molar refractivity (Wildman–Crippen MR) is 58.3 cm³/mol. The van der Waals surface area contributed by atoms with E-state index in [1.54, 1.807) is 0 Å². The Bertz CT molecular complexity index is 179. The second kappa shape index (κ2) is 4.63. The normalized spacial score (nSPS) is 35.6. The molecule has 1 heterocycles. The zero-order valence-electron chi connectivity index (χ0n) is 9.46. The molecule has 0 spiro atoms. The van der Waals surface area contributed by atoms with Crippen LogP contribution in [0.2, 0.25) is 0 Å². The van der Waals surface area contributed by atoms with Crippen LogP contribution in [0.3, 0.4) is 0 Å². The van der Waals surface area contributed by atoms with E-state index in [-0.39, 0.29) is 0 Å². The molecule has 1 aliphatic carbocycles. The van der Waals surface area contributed by atoms with Crippen molar-refractivity contribution in [2.45, 2.75) is 51.2 Å². The molecule has 0 aromatic carbocycles. The number of nitrogens with one attached hydrogen (secondary N) is 1. The Balaban J connectivity index is 1.95. The molecule has 82 valence electrons. The Morgan fingerprint density at radius 2 is 2.14 bits per heavy atom. The zero-order chi connectivity index (χ0) is 9.97. The van der Waals surface area contributed by atoms with Crippen molar-refractivity contribution in [1.82, 2.24) is 5.32 Å². The van der Waals surface area contributed by atoms with E-state index < -0.39 is 0 Å². The number of hydrogen-bond donors (Lipinski definition) is 1. The molecule has 1 saturated carbocycles. The predicted octanol–water partition coefficient (Wildman–Crippen LogP) is 2.19. The molecule has 14 heavy (non-hydrogen) atoms. The van der Waals surface area contributed by atoms with Crippen molar-refractivity contribution in [1.29, 1.82) is 0 Å². The molecule has 2 heteroatoms. The molecule has 0 aromatic heterocycles. The van der Waals surface area contributed by atoms with Crippen LogP contribution in [0, 0.1) is 11.8 Å². The number of rotatable bonds is 4. The largest absolute Gasteiger partial charge is 0.378 e. The monoisotopic (exact) mass is 197 g/mol. The molecule has 3 unspecified atom stereocenters. The maximum Gasteiger partial charge on any atom is 0.0616 e. The summed E-state index contributed by atoms with van der Waals surface area (Å²) in [6.45, 7) is 3.23. The minimum atomic E-state index is 0.521. The molecule has 0 aromatic rings. The molecule has 0 bridgehead atoms. The van der Waals surface area contributed by atoms with Crippen LogP contribution in [0.5, 0.6) is 0 Å². The highest BCUT2D eigenvalue weighted by molar-refractivity contribution is 4.92. The molecule has 1 aliphatic heterocycles. The number of ether oxygens (including phenoxy) is 1. The first-order chi connectivity index (χ1) is 6.86. The van der Waals surface area contributed by atoms with E-state index in [4.69, 9.17) is 4.74 Å². The Morgan fingerprint density at radius 1 is 1.36 bits per heavy atom. The molecular formula is C12H23NO. The summed E-state index contributed by atoms with van der Waals surface area (Å²) in [5.74, 6) is 1.70. The van der Waals surface area contributed by atoms with E-state index in [0.29, 0.717) is 6.10 Å². The van der Waals surface area contributed by atoms with Crippen LogP contribution in [0.4, 0.5) is 0 Å². The summed E-state index contributed by atoms with van der Waals surface area (Å²) in [5.41, 5.74) is 0. The van der Waals surface area contributed by atoms with Crippen LogP contribution in [0.25, 0.3) is 0 Å². The SMILES string of the molecule is CCC1OCCC1C(NC)C1CCC1. The maximum atomic E-state index is 5.78. The molecule has 2 rings (SSSR count). The second-order valence-corrected chi connectivity index (χ2v) is 4.78. The lowest BCUT2D eigenvalue weighted by molar-refractivity contribution is 0.0612. The van der Waals surface area contributed by atoms with Crippen molar-refractivity contribution in [2.75, 3.05) is 13.7 Å². The summed E-state index contributed by atoms with van der Waals surface area (Å²) in [4.78, 5) is 0. The van der Waals surface area contributed by atoms with Gasteiger partial charge in [-0.25, -0.2) is 0 Å². The summed E-state index contributed by atoms with van der Waals surface area (Å²) in [6.07, 6.45) is 7.26. The third-order valence-electron chi connectivity index (χ3n) is 4.12. The zero-order valence-corrected chi connectivity index (χ0v) is 9.46. The molecule has 2 fully saturated rings. The third-order valence-corrected chi connectivity index (χ3v) is 4.12. The van der Waals surface area contributed by atoms with Crippen molar-refractivity contribution >= 4 is 0 Å². The Labute approximate surface area is 87.4 Å². The molecular weight excluding hydrogens is 174 g/mol. The first-order valence-electron chi connectivity index (χ1n) is 6.15. The molecule has 2 nitrogen and oxygen atoms in total. The summed E-state index contributed by atoms with van der Waals surface area (Å²) in [5, 5.41) is 3.53. The Morgan fingerprint density at radius 3 is 2.64 bits per heavy atom. The second-order valence-electron chi connectivity index (χ2n) is 4.78. The average Bonchev–Trinajstić information content (AvgIpc) is 2.58. The van der Waals surface area contributed by atoms with Crippen molar-refractivity contribution in [3.05, 3.63) is 0 Å². The molecule has 0 radical (unpaired) electrons. The van der Waals surface area contributed by atoms with E-state index in [1.165, 1.54) is 32.1 Å². The van der Waals surface area contributed by atoms with Crippen molar-refractivity contribution in [3.63, 3.8) is 0 Å². The molecule has 3 atom stereocenters. The first-order valence-corrected chi connectivity index (χ1v) is 6.15. The van der Waals surface area contributed by atoms with Crippen molar-refractivity contribution in [3.8, 4) is 0 Å². The highest BCUT2D eigenvalue weighted by Crippen LogP contribution is 2.37. The van der Waals surface area contributed by atoms with E-state index in [9.17, 15) is 0 Å². The average molecular weight is 197 g/mol. The summed E-state index contributed by atoms with van der Waals surface area (Å²) in [7, 11) is 2.12. The minimum Gasteiger partial charge on any atom is -0.378 e. The Kier molecular flexibility index (Phi) is 3.45. The topological polar surface area (TPSA) is 21.3 Å². The van der Waals surface area contributed by atoms with E-state index in [1.807, 2.05) is 0 Å². The first kappa shape index (κ1) is 10.4. The van der Waals surface area contributed by atoms with E-state index >= 15 is 0 Å². The fourth-order valence-electron chi connectivity index (χ4n) is 3.09. The third kappa shape index (κ3) is 1.82. The molecule has 2 aliphatic rings. The fraction of sp³-hybridized carbons (Fsp3) is 1.00. The minimum absolute atomic E-state index is 0.521. The van der Waals surface area contributed by atoms with Gasteiger partial charge < -0.3 is 10.1 Å². The van der Waals surface area contributed by atoms with Gasteiger partial charge in [-0.15, -0.1) is 0 Å².